The van der Waals surface area contributed by atoms with Gasteiger partial charge in [0.25, 0.3) is 11.6 Å². The molecule has 1 aromatic carbocycles. The van der Waals surface area contributed by atoms with Crippen molar-refractivity contribution in [3.63, 3.8) is 0 Å². The van der Waals surface area contributed by atoms with E-state index in [4.69, 9.17) is 5.73 Å². The van der Waals surface area contributed by atoms with Crippen molar-refractivity contribution >= 4 is 40.1 Å². The van der Waals surface area contributed by atoms with Crippen LogP contribution in [0.1, 0.15) is 16.8 Å². The van der Waals surface area contributed by atoms with Gasteiger partial charge < -0.3 is 15.7 Å². The van der Waals surface area contributed by atoms with Crippen molar-refractivity contribution in [1.82, 2.24) is 4.90 Å². The van der Waals surface area contributed by atoms with Gasteiger partial charge in [-0.1, -0.05) is 0 Å². The van der Waals surface area contributed by atoms with Gasteiger partial charge in [0.05, 0.1) is 16.6 Å². The maximum absolute atomic E-state index is 12.5. The van der Waals surface area contributed by atoms with Gasteiger partial charge in [0.1, 0.15) is 6.04 Å². The monoisotopic (exact) mass is 405 g/mol. The number of nitro benzene ring substituents is 1. The Morgan fingerprint density at radius 1 is 1.48 bits per heavy atom. The van der Waals surface area contributed by atoms with E-state index in [0.29, 0.717) is 3.57 Å². The topological polar surface area (TPSA) is 127 Å². The van der Waals surface area contributed by atoms with Crippen molar-refractivity contribution < 1.29 is 19.6 Å². The zero-order valence-electron chi connectivity index (χ0n) is 10.7. The number of benzene rings is 1. The van der Waals surface area contributed by atoms with Crippen molar-refractivity contribution in [2.24, 2.45) is 5.73 Å². The molecule has 0 aromatic heterocycles. The number of β-amino-alcohol motifs (C(OH)–C–C–N with tert-alkyl or cyclic N) is 1. The molecule has 112 valence electrons. The zero-order valence-corrected chi connectivity index (χ0v) is 12.9. The highest BCUT2D eigenvalue weighted by Crippen LogP contribution is 2.25. The summed E-state index contributed by atoms with van der Waals surface area (Å²) in [6, 6.07) is 3.01. The molecular formula is C12H12IN3O5. The van der Waals surface area contributed by atoms with Crippen LogP contribution in [0.15, 0.2) is 18.2 Å². The average molecular weight is 405 g/mol. The Labute approximate surface area is 133 Å². The molecule has 3 N–H and O–H groups in total. The van der Waals surface area contributed by atoms with Crippen LogP contribution in [0, 0.1) is 13.7 Å². The standard InChI is InChI=1S/C12H12IN3O5/c13-9-2-1-6(16(20)21)3-8(9)12(19)15-5-7(17)4-10(15)11(14)18/h1-3,7,10,17H,4-5H2,(H2,14,18). The second-order valence-corrected chi connectivity index (χ2v) is 5.85. The molecular weight excluding hydrogens is 393 g/mol. The van der Waals surface area contributed by atoms with Gasteiger partial charge >= 0.3 is 0 Å². The molecule has 0 radical (unpaired) electrons. The lowest BCUT2D eigenvalue weighted by molar-refractivity contribution is -0.384. The summed E-state index contributed by atoms with van der Waals surface area (Å²) < 4.78 is 0.521. The minimum atomic E-state index is -0.900. The number of halogens is 1. The van der Waals surface area contributed by atoms with E-state index in [2.05, 4.69) is 0 Å². The van der Waals surface area contributed by atoms with Crippen molar-refractivity contribution in [3.8, 4) is 0 Å². The van der Waals surface area contributed by atoms with E-state index in [0.717, 1.165) is 11.0 Å². The lowest BCUT2D eigenvalue weighted by Gasteiger charge is -2.22. The lowest BCUT2D eigenvalue weighted by atomic mass is 10.1. The summed E-state index contributed by atoms with van der Waals surface area (Å²) in [6.45, 7) is -0.0226. The minimum Gasteiger partial charge on any atom is -0.391 e. The predicted molar refractivity (Wildman–Crippen MR) is 80.5 cm³/mol. The highest BCUT2D eigenvalue weighted by molar-refractivity contribution is 14.1. The third kappa shape index (κ3) is 3.13. The summed E-state index contributed by atoms with van der Waals surface area (Å²) in [7, 11) is 0. The molecule has 2 unspecified atom stereocenters. The Balaban J connectivity index is 2.37. The van der Waals surface area contributed by atoms with Crippen molar-refractivity contribution in [2.45, 2.75) is 18.6 Å². The summed E-state index contributed by atoms with van der Waals surface area (Å²) in [4.78, 5) is 35.2. The Morgan fingerprint density at radius 3 is 2.71 bits per heavy atom. The van der Waals surface area contributed by atoms with Gasteiger partial charge in [0.2, 0.25) is 5.91 Å². The molecule has 1 aromatic rings. The van der Waals surface area contributed by atoms with Crippen LogP contribution in [-0.4, -0.2) is 45.4 Å². The van der Waals surface area contributed by atoms with E-state index < -0.39 is 28.9 Å². The fourth-order valence-corrected chi connectivity index (χ4v) is 2.82. The van der Waals surface area contributed by atoms with Crippen LogP contribution in [-0.2, 0) is 4.79 Å². The predicted octanol–water partition coefficient (Wildman–Crippen LogP) is 0.260. The zero-order chi connectivity index (χ0) is 15.7. The minimum absolute atomic E-state index is 0.0226. The number of amides is 2. The number of nitrogens with zero attached hydrogens (tertiary/aromatic N) is 2. The first kappa shape index (κ1) is 15.6. The molecule has 0 aliphatic carbocycles. The first-order chi connectivity index (χ1) is 9.81. The lowest BCUT2D eigenvalue weighted by Crippen LogP contribution is -2.44. The summed E-state index contributed by atoms with van der Waals surface area (Å²) >= 11 is 1.88. The van der Waals surface area contributed by atoms with E-state index in [1.807, 2.05) is 22.6 Å². The van der Waals surface area contributed by atoms with Gasteiger partial charge in [-0.15, -0.1) is 0 Å². The number of primary amides is 1. The van der Waals surface area contributed by atoms with Crippen LogP contribution in [0.4, 0.5) is 5.69 Å². The number of hydrogen-bond donors (Lipinski definition) is 2. The highest BCUT2D eigenvalue weighted by atomic mass is 127. The second kappa shape index (κ2) is 5.93. The SMILES string of the molecule is NC(=O)C1CC(O)CN1C(=O)c1cc([N+](=O)[O-])ccc1I. The molecule has 0 bridgehead atoms. The summed E-state index contributed by atoms with van der Waals surface area (Å²) in [6.07, 6.45) is -0.755. The molecule has 0 saturated carbocycles. The molecule has 1 aliphatic rings. The molecule has 0 spiro atoms. The van der Waals surface area contributed by atoms with Gasteiger partial charge in [-0.2, -0.15) is 0 Å². The fraction of sp³-hybridized carbons (Fsp3) is 0.333. The Bertz CT molecular complexity index is 621. The molecule has 2 rings (SSSR count). The third-order valence-corrected chi connectivity index (χ3v) is 4.20. The second-order valence-electron chi connectivity index (χ2n) is 4.69. The molecule has 1 aliphatic heterocycles. The van der Waals surface area contributed by atoms with Crippen molar-refractivity contribution in [1.29, 1.82) is 0 Å². The van der Waals surface area contributed by atoms with Gasteiger partial charge in [0.15, 0.2) is 0 Å². The molecule has 2 amide bonds. The average Bonchev–Trinajstić information content (AvgIpc) is 2.80. The summed E-state index contributed by atoms with van der Waals surface area (Å²) in [5, 5.41) is 20.4. The summed E-state index contributed by atoms with van der Waals surface area (Å²) in [5.74, 6) is -1.26. The maximum atomic E-state index is 12.5. The van der Waals surface area contributed by atoms with Gasteiger partial charge in [-0.05, 0) is 28.7 Å². The van der Waals surface area contributed by atoms with E-state index in [1.54, 1.807) is 0 Å². The van der Waals surface area contributed by atoms with Gasteiger partial charge in [-0.3, -0.25) is 19.7 Å². The molecule has 2 atom stereocenters. The van der Waals surface area contributed by atoms with E-state index in [-0.39, 0.29) is 24.2 Å². The number of aliphatic hydroxyl groups excluding tert-OH is 1. The Morgan fingerprint density at radius 2 is 2.14 bits per heavy atom. The number of aliphatic hydroxyl groups is 1. The number of nitro groups is 1. The van der Waals surface area contributed by atoms with Crippen LogP contribution in [0.2, 0.25) is 0 Å². The van der Waals surface area contributed by atoms with Crippen molar-refractivity contribution in [2.75, 3.05) is 6.54 Å². The summed E-state index contributed by atoms with van der Waals surface area (Å²) in [5.41, 5.74) is 5.13. The number of nitrogens with two attached hydrogens (primary N) is 1. The normalized spacial score (nSPS) is 21.3. The van der Waals surface area contributed by atoms with Crippen LogP contribution in [0.5, 0.6) is 0 Å². The molecule has 1 heterocycles. The van der Waals surface area contributed by atoms with E-state index in [9.17, 15) is 24.8 Å². The molecule has 21 heavy (non-hydrogen) atoms. The smallest absolute Gasteiger partial charge is 0.270 e. The fourth-order valence-electron chi connectivity index (χ4n) is 2.25. The number of hydrogen-bond acceptors (Lipinski definition) is 5. The van der Waals surface area contributed by atoms with Gasteiger partial charge in [0, 0.05) is 28.7 Å². The van der Waals surface area contributed by atoms with E-state index in [1.165, 1.54) is 12.1 Å². The number of carbonyl (C=O) groups is 2. The van der Waals surface area contributed by atoms with Gasteiger partial charge in [-0.25, -0.2) is 0 Å². The van der Waals surface area contributed by atoms with Crippen LogP contribution in [0.3, 0.4) is 0 Å². The number of carbonyl (C=O) groups excluding carboxylic acids is 2. The van der Waals surface area contributed by atoms with Crippen molar-refractivity contribution in [3.05, 3.63) is 37.4 Å². The molecule has 1 saturated heterocycles. The molecule has 1 fully saturated rings. The molecule has 8 nitrogen and oxygen atoms in total. The first-order valence-electron chi connectivity index (χ1n) is 6.03. The quantitative estimate of drug-likeness (QED) is 0.424. The largest absolute Gasteiger partial charge is 0.391 e. The van der Waals surface area contributed by atoms with E-state index >= 15 is 0 Å². The Kier molecular flexibility index (Phi) is 4.42. The highest BCUT2D eigenvalue weighted by Gasteiger charge is 2.38. The number of rotatable bonds is 3. The number of non-ortho nitro benzene ring substituents is 1. The molecule has 9 heteroatoms. The van der Waals surface area contributed by atoms with Crippen LogP contribution >= 0.6 is 22.6 Å². The first-order valence-corrected chi connectivity index (χ1v) is 7.11. The Hall–Kier alpha value is -1.75. The van der Waals surface area contributed by atoms with Crippen LogP contribution < -0.4 is 5.73 Å². The maximum Gasteiger partial charge on any atom is 0.270 e. The third-order valence-electron chi connectivity index (χ3n) is 3.26. The number of likely N-dealkylation sites (tertiary alicyclic amines) is 1. The van der Waals surface area contributed by atoms with Crippen LogP contribution in [0.25, 0.3) is 0 Å².